The molecule has 0 heterocycles. The molecule has 0 saturated heterocycles. The average molecular weight is 1090 g/mol. The number of amides is 1. The molecular weight excluding hydrogens is 976 g/mol. The highest BCUT2D eigenvalue weighted by molar-refractivity contribution is 7.45. The Bertz CT molecular complexity index is 1690. The van der Waals surface area contributed by atoms with Crippen LogP contribution in [0.25, 0.3) is 0 Å². The lowest BCUT2D eigenvalue weighted by Crippen LogP contribution is -2.47. The third-order valence-electron chi connectivity index (χ3n) is 13.2. The van der Waals surface area contributed by atoms with Crippen molar-refractivity contribution in [2.45, 2.75) is 264 Å². The van der Waals surface area contributed by atoms with Crippen LogP contribution in [0.4, 0.5) is 0 Å². The lowest BCUT2D eigenvalue weighted by atomic mass is 10.0. The summed E-state index contributed by atoms with van der Waals surface area (Å²) < 4.78 is 30.2. The van der Waals surface area contributed by atoms with Gasteiger partial charge in [0.05, 0.1) is 33.8 Å². The smallest absolute Gasteiger partial charge is 0.306 e. The van der Waals surface area contributed by atoms with Gasteiger partial charge in [-0.1, -0.05) is 246 Å². The molecule has 77 heavy (non-hydrogen) atoms. The Kier molecular flexibility index (Phi) is 53.5. The van der Waals surface area contributed by atoms with Crippen LogP contribution in [0.2, 0.25) is 0 Å². The first-order valence-electron chi connectivity index (χ1n) is 31.2. The molecule has 3 unspecified atom stereocenters. The summed E-state index contributed by atoms with van der Waals surface area (Å²) in [4.78, 5) is 39.9. The molecule has 0 rings (SSSR count). The second kappa shape index (κ2) is 56.0. The van der Waals surface area contributed by atoms with Gasteiger partial charge in [-0.25, -0.2) is 0 Å². The summed E-state index contributed by atoms with van der Waals surface area (Å²) in [5.74, 6) is -0.646. The van der Waals surface area contributed by atoms with E-state index in [4.69, 9.17) is 13.8 Å². The Morgan fingerprint density at radius 2 is 0.844 bits per heavy atom. The topological polar surface area (TPSA) is 114 Å². The zero-order chi connectivity index (χ0) is 56.4. The van der Waals surface area contributed by atoms with Gasteiger partial charge in [0, 0.05) is 12.8 Å². The highest BCUT2D eigenvalue weighted by Crippen LogP contribution is 2.38. The van der Waals surface area contributed by atoms with E-state index < -0.39 is 32.5 Å². The van der Waals surface area contributed by atoms with Crippen LogP contribution in [0.15, 0.2) is 109 Å². The van der Waals surface area contributed by atoms with E-state index in [1.54, 1.807) is 6.08 Å². The SMILES string of the molecule is CC/C=C\C/C=C\C/C=C\C/C=C\C/C=C\C/C=C\CCC(=O)OC(/C=C/CCCCCCCCCCC)C(COP(=O)([O-])OCC[N+](C)(C)C)NC(=O)CCCCCCCCCCCCC/C=C\C/C=C\CCCCC. The average Bonchev–Trinajstić information content (AvgIpc) is 3.39. The van der Waals surface area contributed by atoms with E-state index in [0.717, 1.165) is 89.9 Å². The van der Waals surface area contributed by atoms with Crippen molar-refractivity contribution in [2.75, 3.05) is 40.9 Å². The first-order valence-corrected chi connectivity index (χ1v) is 32.7. The van der Waals surface area contributed by atoms with Crippen LogP contribution in [0.5, 0.6) is 0 Å². The van der Waals surface area contributed by atoms with Gasteiger partial charge in [0.1, 0.15) is 19.3 Å². The molecule has 0 saturated carbocycles. The van der Waals surface area contributed by atoms with Crippen LogP contribution in [0.3, 0.4) is 0 Å². The Labute approximate surface area is 474 Å². The predicted molar refractivity (Wildman–Crippen MR) is 330 cm³/mol. The highest BCUT2D eigenvalue weighted by atomic mass is 31.2. The Hall–Kier alpha value is -3.33. The number of carbonyl (C=O) groups is 2. The molecule has 0 radical (unpaired) electrons. The third-order valence-corrected chi connectivity index (χ3v) is 14.2. The zero-order valence-electron chi connectivity index (χ0n) is 50.4. The maximum absolute atomic E-state index is 13.5. The summed E-state index contributed by atoms with van der Waals surface area (Å²) in [5, 5.41) is 3.01. The van der Waals surface area contributed by atoms with Gasteiger partial charge in [-0.3, -0.25) is 14.2 Å². The van der Waals surface area contributed by atoms with E-state index >= 15 is 0 Å². The summed E-state index contributed by atoms with van der Waals surface area (Å²) in [6, 6.07) is -0.926. The molecule has 10 heteroatoms. The second-order valence-electron chi connectivity index (χ2n) is 21.8. The number of phosphoric acid groups is 1. The highest BCUT2D eigenvalue weighted by Gasteiger charge is 2.27. The van der Waals surface area contributed by atoms with Gasteiger partial charge in [-0.05, 0) is 102 Å². The van der Waals surface area contributed by atoms with Crippen molar-refractivity contribution in [2.24, 2.45) is 0 Å². The van der Waals surface area contributed by atoms with E-state index in [0.29, 0.717) is 23.9 Å². The minimum Gasteiger partial charge on any atom is -0.756 e. The Morgan fingerprint density at radius 3 is 1.30 bits per heavy atom. The van der Waals surface area contributed by atoms with Crippen LogP contribution in [-0.2, 0) is 27.9 Å². The maximum atomic E-state index is 13.5. The van der Waals surface area contributed by atoms with Crippen molar-refractivity contribution in [1.82, 2.24) is 5.32 Å². The molecule has 9 nitrogen and oxygen atoms in total. The van der Waals surface area contributed by atoms with Gasteiger partial charge in [-0.2, -0.15) is 0 Å². The number of phosphoric ester groups is 1. The van der Waals surface area contributed by atoms with Crippen LogP contribution in [0.1, 0.15) is 252 Å². The van der Waals surface area contributed by atoms with Crippen LogP contribution in [-0.4, -0.2) is 69.4 Å². The van der Waals surface area contributed by atoms with Crippen molar-refractivity contribution in [1.29, 1.82) is 0 Å². The van der Waals surface area contributed by atoms with Gasteiger partial charge >= 0.3 is 5.97 Å². The third kappa shape index (κ3) is 57.2. The monoisotopic (exact) mass is 1090 g/mol. The van der Waals surface area contributed by atoms with Gasteiger partial charge in [0.2, 0.25) is 5.91 Å². The quantitative estimate of drug-likeness (QED) is 0.0212. The number of esters is 1. The van der Waals surface area contributed by atoms with Crippen LogP contribution >= 0.6 is 7.82 Å². The predicted octanol–water partition coefficient (Wildman–Crippen LogP) is 18.7. The number of allylic oxidation sites excluding steroid dienone is 17. The second-order valence-corrected chi connectivity index (χ2v) is 23.2. The molecule has 1 N–H and O–H groups in total. The molecular formula is C67H117N2O7P. The summed E-state index contributed by atoms with van der Waals surface area (Å²) in [6.07, 6.45) is 76.4. The maximum Gasteiger partial charge on any atom is 0.306 e. The fourth-order valence-corrected chi connectivity index (χ4v) is 9.12. The minimum absolute atomic E-state index is 0.0388. The molecule has 0 aliphatic carbocycles. The first-order chi connectivity index (χ1) is 37.4. The number of quaternary nitrogens is 1. The van der Waals surface area contributed by atoms with Gasteiger partial charge in [-0.15, -0.1) is 0 Å². The van der Waals surface area contributed by atoms with Crippen molar-refractivity contribution >= 4 is 19.7 Å². The number of carbonyl (C=O) groups excluding carboxylic acids is 2. The molecule has 0 fully saturated rings. The lowest BCUT2D eigenvalue weighted by Gasteiger charge is -2.30. The van der Waals surface area contributed by atoms with Crippen LogP contribution < -0.4 is 10.2 Å². The molecule has 0 aromatic rings. The van der Waals surface area contributed by atoms with Gasteiger partial charge in [0.15, 0.2) is 0 Å². The van der Waals surface area contributed by atoms with Crippen molar-refractivity contribution in [3.05, 3.63) is 109 Å². The molecule has 0 aliphatic heterocycles. The van der Waals surface area contributed by atoms with E-state index in [1.165, 1.54) is 122 Å². The molecule has 3 atom stereocenters. The van der Waals surface area contributed by atoms with Crippen molar-refractivity contribution in [3.8, 4) is 0 Å². The number of hydrogen-bond donors (Lipinski definition) is 1. The summed E-state index contributed by atoms with van der Waals surface area (Å²) >= 11 is 0. The lowest BCUT2D eigenvalue weighted by molar-refractivity contribution is -0.870. The molecule has 0 aliphatic rings. The molecule has 0 aromatic heterocycles. The molecule has 0 spiro atoms. The number of nitrogens with zero attached hydrogens (tertiary/aromatic N) is 1. The van der Waals surface area contributed by atoms with Crippen molar-refractivity contribution < 1.29 is 37.3 Å². The standard InChI is InChI=1S/C67H117N2O7P/c1-7-10-13-16-19-22-25-27-29-31-33-34-36-37-39-41-44-47-50-53-56-59-66(70)68-64(63-75-77(72,73)74-62-61-69(4,5)6)65(58-55-52-49-46-43-24-21-18-15-12-9-3)76-67(71)60-57-54-51-48-45-42-40-38-35-32-30-28-26-23-20-17-14-11-8-2/h11,14,19-20,22-23,27-30,35,38,42,45,51,54-55,58,64-65H,7-10,12-13,15-18,21,24-26,31-34,36-37,39-41,43-44,46-50,52-53,56-57,59-63H2,1-6H3,(H-,68,70,72,73)/b14-11-,22-19-,23-20-,29-27-,30-28-,38-35-,45-42-,54-51-,58-55+. The molecule has 0 aromatic carbocycles. The van der Waals surface area contributed by atoms with E-state index in [1.807, 2.05) is 39.4 Å². The Balaban J connectivity index is 5.31. The van der Waals surface area contributed by atoms with E-state index in [9.17, 15) is 19.0 Å². The zero-order valence-corrected chi connectivity index (χ0v) is 51.3. The molecule has 1 amide bonds. The summed E-state index contributed by atoms with van der Waals surface area (Å²) in [6.45, 7) is 6.64. The molecule has 0 bridgehead atoms. The fraction of sp³-hybridized carbons (Fsp3) is 0.701. The van der Waals surface area contributed by atoms with Gasteiger partial charge < -0.3 is 28.5 Å². The number of unbranched alkanes of at least 4 members (excludes halogenated alkanes) is 23. The number of ether oxygens (including phenoxy) is 1. The summed E-state index contributed by atoms with van der Waals surface area (Å²) in [5.41, 5.74) is 0. The van der Waals surface area contributed by atoms with Crippen molar-refractivity contribution in [3.63, 3.8) is 0 Å². The minimum atomic E-state index is -4.72. The number of rotatable bonds is 55. The largest absolute Gasteiger partial charge is 0.756 e. The number of hydrogen-bond acceptors (Lipinski definition) is 7. The number of nitrogens with one attached hydrogen (secondary N) is 1. The van der Waals surface area contributed by atoms with E-state index in [2.05, 4.69) is 111 Å². The van der Waals surface area contributed by atoms with Crippen LogP contribution in [0, 0.1) is 0 Å². The Morgan fingerprint density at radius 1 is 0.468 bits per heavy atom. The van der Waals surface area contributed by atoms with Gasteiger partial charge in [0.25, 0.3) is 7.82 Å². The van der Waals surface area contributed by atoms with E-state index in [-0.39, 0.29) is 18.9 Å². The first kappa shape index (κ1) is 73.7. The summed E-state index contributed by atoms with van der Waals surface area (Å²) in [7, 11) is 1.13. The molecule has 442 valence electrons. The normalized spacial score (nSPS) is 14.4. The number of likely N-dealkylation sites (N-methyl/N-ethyl adjacent to an activating group) is 1. The fourth-order valence-electron chi connectivity index (χ4n) is 8.40.